The highest BCUT2D eigenvalue weighted by atomic mass is 16.1. The minimum atomic E-state index is 0.00182. The molecule has 0 aliphatic carbocycles. The average Bonchev–Trinajstić information content (AvgIpc) is 2.86. The Morgan fingerprint density at radius 1 is 1.47 bits per heavy atom. The van der Waals surface area contributed by atoms with Crippen LogP contribution in [0.3, 0.4) is 0 Å². The van der Waals surface area contributed by atoms with Gasteiger partial charge in [-0.05, 0) is 23.8 Å². The molecule has 2 aromatic rings. The van der Waals surface area contributed by atoms with Gasteiger partial charge in [0.25, 0.3) is 0 Å². The van der Waals surface area contributed by atoms with E-state index in [9.17, 15) is 4.79 Å². The highest BCUT2D eigenvalue weighted by Gasteiger charge is 2.11. The summed E-state index contributed by atoms with van der Waals surface area (Å²) in [7, 11) is 0. The maximum absolute atomic E-state index is 11.8. The van der Waals surface area contributed by atoms with Gasteiger partial charge < -0.3 is 4.57 Å². The van der Waals surface area contributed by atoms with Crippen molar-refractivity contribution in [2.45, 2.75) is 20.4 Å². The lowest BCUT2D eigenvalue weighted by Gasteiger charge is -2.03. The number of hydrogen-bond donors (Lipinski definition) is 0. The van der Waals surface area contributed by atoms with Gasteiger partial charge in [-0.2, -0.15) is 5.26 Å². The molecule has 0 atom stereocenters. The maximum Gasteiger partial charge on any atom is 0.166 e. The predicted octanol–water partition coefficient (Wildman–Crippen LogP) is 2.64. The number of nitriles is 1. The summed E-state index contributed by atoms with van der Waals surface area (Å²) in [5, 5.41) is 8.80. The third kappa shape index (κ3) is 3.08. The Bertz CT molecular complexity index is 635. The highest BCUT2D eigenvalue weighted by molar-refractivity contribution is 5.97. The van der Waals surface area contributed by atoms with E-state index in [1.54, 1.807) is 12.3 Å². The summed E-state index contributed by atoms with van der Waals surface area (Å²) in [4.78, 5) is 15.8. The van der Waals surface area contributed by atoms with E-state index in [-0.39, 0.29) is 11.7 Å². The van der Waals surface area contributed by atoms with Crippen LogP contribution in [0, 0.1) is 17.2 Å². The molecule has 96 valence electrons. The quantitative estimate of drug-likeness (QED) is 0.787. The number of carbonyl (C=O) groups excluding carboxylic acids is 1. The fraction of sp³-hybridized carbons (Fsp3) is 0.267. The number of hydrogen-bond acceptors (Lipinski definition) is 3. The van der Waals surface area contributed by atoms with Gasteiger partial charge in [-0.3, -0.25) is 4.79 Å². The Morgan fingerprint density at radius 3 is 2.95 bits per heavy atom. The van der Waals surface area contributed by atoms with Crippen LogP contribution in [0.5, 0.6) is 0 Å². The SMILES string of the molecule is CC(C)C(=O)c1ccn(Cc2ccnc(C#N)c2)c1. The Kier molecular flexibility index (Phi) is 3.76. The van der Waals surface area contributed by atoms with E-state index in [0.29, 0.717) is 12.2 Å². The normalized spacial score (nSPS) is 10.4. The first-order valence-electron chi connectivity index (χ1n) is 6.15. The van der Waals surface area contributed by atoms with E-state index in [4.69, 9.17) is 5.26 Å². The van der Waals surface area contributed by atoms with Crippen LogP contribution in [0.1, 0.15) is 35.5 Å². The van der Waals surface area contributed by atoms with Gasteiger partial charge in [0.1, 0.15) is 11.8 Å². The lowest BCUT2D eigenvalue weighted by molar-refractivity contribution is 0.0939. The molecule has 0 fully saturated rings. The number of pyridine rings is 1. The van der Waals surface area contributed by atoms with Crippen molar-refractivity contribution in [3.05, 3.63) is 53.6 Å². The van der Waals surface area contributed by atoms with Gasteiger partial charge in [0, 0.05) is 36.6 Å². The van der Waals surface area contributed by atoms with E-state index in [1.165, 1.54) is 0 Å². The topological polar surface area (TPSA) is 58.7 Å². The van der Waals surface area contributed by atoms with Crippen molar-refractivity contribution in [3.8, 4) is 6.07 Å². The van der Waals surface area contributed by atoms with E-state index < -0.39 is 0 Å². The van der Waals surface area contributed by atoms with Crippen molar-refractivity contribution in [1.82, 2.24) is 9.55 Å². The van der Waals surface area contributed by atoms with Gasteiger partial charge >= 0.3 is 0 Å². The first-order chi connectivity index (χ1) is 9.10. The second-order valence-corrected chi connectivity index (χ2v) is 4.75. The lowest BCUT2D eigenvalue weighted by Crippen LogP contribution is -2.06. The molecule has 0 aliphatic heterocycles. The zero-order valence-electron chi connectivity index (χ0n) is 11.0. The summed E-state index contributed by atoms with van der Waals surface area (Å²) in [6.45, 7) is 4.41. The van der Waals surface area contributed by atoms with Crippen molar-refractivity contribution in [2.75, 3.05) is 0 Å². The Morgan fingerprint density at radius 2 is 2.26 bits per heavy atom. The smallest absolute Gasteiger partial charge is 0.166 e. The average molecular weight is 253 g/mol. The molecule has 0 N–H and O–H groups in total. The summed E-state index contributed by atoms with van der Waals surface area (Å²) >= 11 is 0. The van der Waals surface area contributed by atoms with Gasteiger partial charge in [-0.1, -0.05) is 13.8 Å². The van der Waals surface area contributed by atoms with E-state index in [1.807, 2.05) is 49.0 Å². The van der Waals surface area contributed by atoms with Gasteiger partial charge in [0.05, 0.1) is 0 Å². The molecule has 2 heterocycles. The number of nitrogens with zero attached hydrogens (tertiary/aromatic N) is 3. The van der Waals surface area contributed by atoms with Crippen LogP contribution in [0.2, 0.25) is 0 Å². The standard InChI is InChI=1S/C15H15N3O/c1-11(2)15(19)13-4-6-18(10-13)9-12-3-5-17-14(7-12)8-16/h3-7,10-11H,9H2,1-2H3. The molecule has 2 aromatic heterocycles. The van der Waals surface area contributed by atoms with Gasteiger partial charge in [-0.15, -0.1) is 0 Å². The third-order valence-electron chi connectivity index (χ3n) is 2.86. The minimum Gasteiger partial charge on any atom is -0.349 e. The minimum absolute atomic E-state index is 0.00182. The van der Waals surface area contributed by atoms with Crippen LogP contribution in [-0.2, 0) is 6.54 Å². The fourth-order valence-corrected chi connectivity index (χ4v) is 1.86. The monoisotopic (exact) mass is 253 g/mol. The molecule has 0 bridgehead atoms. The van der Waals surface area contributed by atoms with Crippen LogP contribution in [0.4, 0.5) is 0 Å². The van der Waals surface area contributed by atoms with E-state index >= 15 is 0 Å². The second-order valence-electron chi connectivity index (χ2n) is 4.75. The molecule has 0 aromatic carbocycles. The van der Waals surface area contributed by atoms with Gasteiger partial charge in [-0.25, -0.2) is 4.98 Å². The molecule has 2 rings (SSSR count). The summed E-state index contributed by atoms with van der Waals surface area (Å²) in [5.74, 6) is 0.146. The molecule has 0 spiro atoms. The fourth-order valence-electron chi connectivity index (χ4n) is 1.86. The first-order valence-corrected chi connectivity index (χ1v) is 6.15. The van der Waals surface area contributed by atoms with Crippen LogP contribution in [-0.4, -0.2) is 15.3 Å². The Hall–Kier alpha value is -2.41. The Balaban J connectivity index is 2.16. The largest absolute Gasteiger partial charge is 0.349 e. The van der Waals surface area contributed by atoms with Gasteiger partial charge in [0.2, 0.25) is 0 Å². The third-order valence-corrected chi connectivity index (χ3v) is 2.86. The number of rotatable bonds is 4. The molecule has 0 radical (unpaired) electrons. The number of aromatic nitrogens is 2. The molecular formula is C15H15N3O. The summed E-state index contributed by atoms with van der Waals surface area (Å²) in [6, 6.07) is 7.46. The lowest BCUT2D eigenvalue weighted by atomic mass is 10.0. The van der Waals surface area contributed by atoms with E-state index in [0.717, 1.165) is 11.1 Å². The molecule has 4 nitrogen and oxygen atoms in total. The number of Topliss-reactive ketones (excluding diaryl/α,β-unsaturated/α-hetero) is 1. The summed E-state index contributed by atoms with van der Waals surface area (Å²) < 4.78 is 1.94. The summed E-state index contributed by atoms with van der Waals surface area (Å²) in [5.41, 5.74) is 2.12. The molecule has 0 aliphatic rings. The molecule has 4 heteroatoms. The van der Waals surface area contributed by atoms with Crippen LogP contribution in [0.15, 0.2) is 36.8 Å². The van der Waals surface area contributed by atoms with Crippen molar-refractivity contribution in [2.24, 2.45) is 5.92 Å². The van der Waals surface area contributed by atoms with Gasteiger partial charge in [0.15, 0.2) is 5.78 Å². The highest BCUT2D eigenvalue weighted by Crippen LogP contribution is 2.11. The van der Waals surface area contributed by atoms with Crippen molar-refractivity contribution in [1.29, 1.82) is 5.26 Å². The van der Waals surface area contributed by atoms with Crippen molar-refractivity contribution in [3.63, 3.8) is 0 Å². The molecular weight excluding hydrogens is 238 g/mol. The predicted molar refractivity (Wildman–Crippen MR) is 71.7 cm³/mol. The molecule has 0 saturated carbocycles. The van der Waals surface area contributed by atoms with Crippen molar-refractivity contribution >= 4 is 5.78 Å². The van der Waals surface area contributed by atoms with Crippen LogP contribution in [0.25, 0.3) is 0 Å². The van der Waals surface area contributed by atoms with E-state index in [2.05, 4.69) is 4.98 Å². The number of carbonyl (C=O) groups is 1. The first kappa shape index (κ1) is 13.0. The number of ketones is 1. The molecule has 19 heavy (non-hydrogen) atoms. The molecule has 0 unspecified atom stereocenters. The molecule has 0 saturated heterocycles. The molecule has 0 amide bonds. The summed E-state index contributed by atoms with van der Waals surface area (Å²) in [6.07, 6.45) is 5.34. The van der Waals surface area contributed by atoms with Crippen LogP contribution >= 0.6 is 0 Å². The maximum atomic E-state index is 11.8. The second kappa shape index (κ2) is 5.49. The van der Waals surface area contributed by atoms with Crippen LogP contribution < -0.4 is 0 Å². The Labute approximate surface area is 112 Å². The van der Waals surface area contributed by atoms with Crippen molar-refractivity contribution < 1.29 is 4.79 Å². The zero-order chi connectivity index (χ0) is 13.8. The zero-order valence-corrected chi connectivity index (χ0v) is 11.0.